The average Bonchev–Trinajstić information content (AvgIpc) is 2.34. The molecule has 0 amide bonds. The van der Waals surface area contributed by atoms with Crippen LogP contribution in [0.3, 0.4) is 0 Å². The molecule has 1 N–H and O–H groups in total. The summed E-state index contributed by atoms with van der Waals surface area (Å²) in [4.78, 5) is 25.6. The maximum absolute atomic E-state index is 11.2. The lowest BCUT2D eigenvalue weighted by atomic mass is 10.1. The maximum atomic E-state index is 11.2. The van der Waals surface area contributed by atoms with E-state index in [9.17, 15) is 9.59 Å². The number of carboxylic acids is 1. The van der Waals surface area contributed by atoms with Gasteiger partial charge in [-0.05, 0) is 12.5 Å². The standard InChI is InChI=1S/C13H12N2O3/c1-9-2-4-10(5-3-9)6-15-7-11(13(17)18)12(16)14-8-15/h2-5,7-8H,6H2,1H3,(H,17,18). The highest BCUT2D eigenvalue weighted by Crippen LogP contribution is 2.05. The molecule has 1 aromatic carbocycles. The van der Waals surface area contributed by atoms with Crippen molar-refractivity contribution in [2.24, 2.45) is 0 Å². The topological polar surface area (TPSA) is 72.2 Å². The first-order chi connectivity index (χ1) is 8.56. The van der Waals surface area contributed by atoms with Crippen LogP contribution in [0.1, 0.15) is 21.5 Å². The summed E-state index contributed by atoms with van der Waals surface area (Å²) in [6, 6.07) is 7.86. The highest BCUT2D eigenvalue weighted by Gasteiger charge is 2.09. The Balaban J connectivity index is 2.30. The van der Waals surface area contributed by atoms with Gasteiger partial charge >= 0.3 is 5.97 Å². The molecule has 5 nitrogen and oxygen atoms in total. The van der Waals surface area contributed by atoms with Gasteiger partial charge in [0.05, 0.1) is 6.33 Å². The smallest absolute Gasteiger partial charge is 0.342 e. The quantitative estimate of drug-likeness (QED) is 0.883. The van der Waals surface area contributed by atoms with Crippen LogP contribution >= 0.6 is 0 Å². The molecule has 2 rings (SSSR count). The van der Waals surface area contributed by atoms with Gasteiger partial charge in [0.25, 0.3) is 5.56 Å². The van der Waals surface area contributed by atoms with Gasteiger partial charge < -0.3 is 9.67 Å². The third-order valence-corrected chi connectivity index (χ3v) is 2.56. The fraction of sp³-hybridized carbons (Fsp3) is 0.154. The minimum atomic E-state index is -1.26. The SMILES string of the molecule is Cc1ccc(Cn2cnc(=O)c(C(=O)O)c2)cc1. The van der Waals surface area contributed by atoms with Gasteiger partial charge in [-0.1, -0.05) is 29.8 Å². The molecule has 0 saturated heterocycles. The Hall–Kier alpha value is -2.43. The predicted molar refractivity (Wildman–Crippen MR) is 65.7 cm³/mol. The van der Waals surface area contributed by atoms with Gasteiger partial charge in [0.15, 0.2) is 0 Å². The van der Waals surface area contributed by atoms with Crippen LogP contribution in [0.4, 0.5) is 0 Å². The fourth-order valence-corrected chi connectivity index (χ4v) is 1.59. The maximum Gasteiger partial charge on any atom is 0.342 e. The minimum absolute atomic E-state index is 0.315. The molecule has 0 bridgehead atoms. The zero-order chi connectivity index (χ0) is 13.1. The van der Waals surface area contributed by atoms with E-state index in [-0.39, 0.29) is 5.56 Å². The van der Waals surface area contributed by atoms with Crippen LogP contribution < -0.4 is 5.56 Å². The molecule has 18 heavy (non-hydrogen) atoms. The molecule has 92 valence electrons. The monoisotopic (exact) mass is 244 g/mol. The Labute approximate surface area is 103 Å². The number of hydrogen-bond donors (Lipinski definition) is 1. The first-order valence-corrected chi connectivity index (χ1v) is 5.41. The number of aromatic carboxylic acids is 1. The van der Waals surface area contributed by atoms with E-state index >= 15 is 0 Å². The van der Waals surface area contributed by atoms with Crippen molar-refractivity contribution in [1.82, 2.24) is 9.55 Å². The molecule has 0 aliphatic carbocycles. The summed E-state index contributed by atoms with van der Waals surface area (Å²) >= 11 is 0. The van der Waals surface area contributed by atoms with E-state index < -0.39 is 11.5 Å². The third-order valence-electron chi connectivity index (χ3n) is 2.56. The number of nitrogens with zero attached hydrogens (tertiary/aromatic N) is 2. The molecular formula is C13H12N2O3. The molecule has 2 aromatic rings. The first kappa shape index (κ1) is 12.0. The number of hydrogen-bond acceptors (Lipinski definition) is 3. The van der Waals surface area contributed by atoms with Crippen molar-refractivity contribution in [2.75, 3.05) is 0 Å². The van der Waals surface area contributed by atoms with Gasteiger partial charge in [0, 0.05) is 12.7 Å². The summed E-state index contributed by atoms with van der Waals surface area (Å²) < 4.78 is 1.58. The van der Waals surface area contributed by atoms with Gasteiger partial charge in [-0.3, -0.25) is 4.79 Å². The van der Waals surface area contributed by atoms with Crippen molar-refractivity contribution < 1.29 is 9.90 Å². The second-order valence-corrected chi connectivity index (χ2v) is 4.06. The summed E-state index contributed by atoms with van der Waals surface area (Å²) in [5, 5.41) is 8.84. The number of carboxylic acid groups (broad SMARTS) is 1. The highest BCUT2D eigenvalue weighted by atomic mass is 16.4. The Morgan fingerprint density at radius 1 is 1.33 bits per heavy atom. The largest absolute Gasteiger partial charge is 0.477 e. The molecule has 0 spiro atoms. The zero-order valence-corrected chi connectivity index (χ0v) is 9.83. The van der Waals surface area contributed by atoms with E-state index in [0.29, 0.717) is 6.54 Å². The third kappa shape index (κ3) is 2.63. The van der Waals surface area contributed by atoms with Crippen LogP contribution in [0.25, 0.3) is 0 Å². The van der Waals surface area contributed by atoms with Crippen molar-refractivity contribution >= 4 is 5.97 Å². The summed E-state index contributed by atoms with van der Waals surface area (Å²) in [6.07, 6.45) is 2.64. The molecule has 1 aromatic heterocycles. The number of benzene rings is 1. The van der Waals surface area contributed by atoms with Crippen LogP contribution in [-0.4, -0.2) is 20.6 Å². The Kier molecular flexibility index (Phi) is 3.23. The lowest BCUT2D eigenvalue weighted by Crippen LogP contribution is -2.20. The number of rotatable bonds is 3. The predicted octanol–water partition coefficient (Wildman–Crippen LogP) is 1.30. The summed E-state index contributed by atoms with van der Waals surface area (Å²) in [7, 11) is 0. The van der Waals surface area contributed by atoms with Gasteiger partial charge in [0.1, 0.15) is 5.56 Å². The Morgan fingerprint density at radius 3 is 2.61 bits per heavy atom. The normalized spacial score (nSPS) is 10.3. The zero-order valence-electron chi connectivity index (χ0n) is 9.83. The molecule has 0 fully saturated rings. The number of aryl methyl sites for hydroxylation is 1. The molecule has 5 heteroatoms. The highest BCUT2D eigenvalue weighted by molar-refractivity contribution is 5.86. The lowest BCUT2D eigenvalue weighted by Gasteiger charge is -2.06. The summed E-state index contributed by atoms with van der Waals surface area (Å²) in [6.45, 7) is 2.47. The number of aromatic nitrogens is 2. The Bertz CT molecular complexity index is 629. The molecule has 0 saturated carbocycles. The molecule has 0 radical (unpaired) electrons. The van der Waals surface area contributed by atoms with Crippen LogP contribution in [-0.2, 0) is 6.54 Å². The first-order valence-electron chi connectivity index (χ1n) is 5.41. The summed E-state index contributed by atoms with van der Waals surface area (Å²) in [5.41, 5.74) is 1.14. The van der Waals surface area contributed by atoms with Crippen LogP contribution in [0, 0.1) is 6.92 Å². The van der Waals surface area contributed by atoms with Crippen molar-refractivity contribution in [3.63, 3.8) is 0 Å². The lowest BCUT2D eigenvalue weighted by molar-refractivity contribution is 0.0694. The van der Waals surface area contributed by atoms with Crippen LogP contribution in [0.2, 0.25) is 0 Å². The van der Waals surface area contributed by atoms with Gasteiger partial charge in [-0.2, -0.15) is 4.98 Å². The van der Waals surface area contributed by atoms with Crippen molar-refractivity contribution in [1.29, 1.82) is 0 Å². The fourth-order valence-electron chi connectivity index (χ4n) is 1.59. The van der Waals surface area contributed by atoms with Crippen molar-refractivity contribution in [2.45, 2.75) is 13.5 Å². The summed E-state index contributed by atoms with van der Waals surface area (Å²) in [5.74, 6) is -1.26. The van der Waals surface area contributed by atoms with E-state index in [1.807, 2.05) is 31.2 Å². The van der Waals surface area contributed by atoms with Gasteiger partial charge in [0.2, 0.25) is 0 Å². The molecule has 1 heterocycles. The van der Waals surface area contributed by atoms with Crippen molar-refractivity contribution in [3.05, 3.63) is 63.8 Å². The van der Waals surface area contributed by atoms with E-state index in [2.05, 4.69) is 4.98 Å². The van der Waals surface area contributed by atoms with E-state index in [1.165, 1.54) is 12.5 Å². The second kappa shape index (κ2) is 4.83. The number of carbonyl (C=O) groups is 1. The van der Waals surface area contributed by atoms with Crippen LogP contribution in [0.15, 0.2) is 41.6 Å². The van der Waals surface area contributed by atoms with Gasteiger partial charge in [-0.25, -0.2) is 4.79 Å². The molecular weight excluding hydrogens is 232 g/mol. The Morgan fingerprint density at radius 2 is 2.00 bits per heavy atom. The molecule has 0 unspecified atom stereocenters. The van der Waals surface area contributed by atoms with E-state index in [0.717, 1.165) is 11.1 Å². The molecule has 0 atom stereocenters. The van der Waals surface area contributed by atoms with Gasteiger partial charge in [-0.15, -0.1) is 0 Å². The molecule has 0 aliphatic rings. The average molecular weight is 244 g/mol. The van der Waals surface area contributed by atoms with E-state index in [1.54, 1.807) is 4.57 Å². The van der Waals surface area contributed by atoms with Crippen molar-refractivity contribution in [3.8, 4) is 0 Å². The minimum Gasteiger partial charge on any atom is -0.477 e. The van der Waals surface area contributed by atoms with E-state index in [4.69, 9.17) is 5.11 Å². The van der Waals surface area contributed by atoms with Crippen LogP contribution in [0.5, 0.6) is 0 Å². The second-order valence-electron chi connectivity index (χ2n) is 4.06. The molecule has 0 aliphatic heterocycles.